The molecule has 64 valence electrons. The highest BCUT2D eigenvalue weighted by atomic mass is 16.6. The van der Waals surface area contributed by atoms with Crippen molar-refractivity contribution in [1.29, 1.82) is 0 Å². The van der Waals surface area contributed by atoms with Crippen LogP contribution in [0.15, 0.2) is 0 Å². The summed E-state index contributed by atoms with van der Waals surface area (Å²) in [7, 11) is 0. The first-order valence-corrected chi connectivity index (χ1v) is 3.73. The molecule has 4 heteroatoms. The summed E-state index contributed by atoms with van der Waals surface area (Å²) in [4.78, 5) is 10.6. The fourth-order valence-corrected chi connectivity index (χ4v) is 1.13. The standard InChI is InChI=1S/C7H12O4/c8-3-1-2-5-4-6(9)7(10)11-5/h5-6,8-9H,1-4H2. The van der Waals surface area contributed by atoms with Gasteiger partial charge in [-0.05, 0) is 12.8 Å². The van der Waals surface area contributed by atoms with Crippen molar-refractivity contribution in [3.05, 3.63) is 0 Å². The SMILES string of the molecule is O=C1OC(CCCO)CC1O. The van der Waals surface area contributed by atoms with Crippen LogP contribution in [0.2, 0.25) is 0 Å². The van der Waals surface area contributed by atoms with Crippen molar-refractivity contribution in [2.45, 2.75) is 31.5 Å². The minimum absolute atomic E-state index is 0.101. The van der Waals surface area contributed by atoms with Crippen molar-refractivity contribution >= 4 is 5.97 Å². The van der Waals surface area contributed by atoms with Gasteiger partial charge in [-0.3, -0.25) is 0 Å². The molecule has 1 saturated heterocycles. The summed E-state index contributed by atoms with van der Waals surface area (Å²) >= 11 is 0. The van der Waals surface area contributed by atoms with Crippen LogP contribution in [-0.4, -0.2) is 35.0 Å². The van der Waals surface area contributed by atoms with Gasteiger partial charge < -0.3 is 14.9 Å². The second kappa shape index (κ2) is 3.69. The fourth-order valence-electron chi connectivity index (χ4n) is 1.13. The Morgan fingerprint density at radius 2 is 2.36 bits per heavy atom. The minimum Gasteiger partial charge on any atom is -0.460 e. The Morgan fingerprint density at radius 1 is 1.64 bits per heavy atom. The van der Waals surface area contributed by atoms with Gasteiger partial charge in [0.05, 0.1) is 0 Å². The van der Waals surface area contributed by atoms with Gasteiger partial charge in [0.25, 0.3) is 0 Å². The van der Waals surface area contributed by atoms with E-state index in [1.807, 2.05) is 0 Å². The van der Waals surface area contributed by atoms with E-state index in [2.05, 4.69) is 0 Å². The van der Waals surface area contributed by atoms with E-state index in [1.54, 1.807) is 0 Å². The van der Waals surface area contributed by atoms with Crippen LogP contribution in [0.25, 0.3) is 0 Å². The van der Waals surface area contributed by atoms with Crippen LogP contribution >= 0.6 is 0 Å². The normalized spacial score (nSPS) is 30.5. The third kappa shape index (κ3) is 2.17. The average molecular weight is 160 g/mol. The molecular formula is C7H12O4. The monoisotopic (exact) mass is 160 g/mol. The molecule has 4 nitrogen and oxygen atoms in total. The summed E-state index contributed by atoms with van der Waals surface area (Å²) in [5.41, 5.74) is 0. The quantitative estimate of drug-likeness (QED) is 0.543. The molecule has 0 aromatic carbocycles. The molecule has 2 N–H and O–H groups in total. The number of ether oxygens (including phenoxy) is 1. The number of carbonyl (C=O) groups is 1. The third-order valence-corrected chi connectivity index (χ3v) is 1.73. The molecule has 0 aromatic rings. The van der Waals surface area contributed by atoms with Gasteiger partial charge in [0.15, 0.2) is 6.10 Å². The summed E-state index contributed by atoms with van der Waals surface area (Å²) in [5.74, 6) is -0.534. The number of aliphatic hydroxyl groups excluding tert-OH is 2. The van der Waals surface area contributed by atoms with Crippen LogP contribution in [0.1, 0.15) is 19.3 Å². The number of hydrogen-bond donors (Lipinski definition) is 2. The number of esters is 1. The number of rotatable bonds is 3. The predicted octanol–water partition coefficient (Wildman–Crippen LogP) is -0.565. The molecular weight excluding hydrogens is 148 g/mol. The number of aliphatic hydroxyl groups is 2. The lowest BCUT2D eigenvalue weighted by Gasteiger charge is -2.05. The topological polar surface area (TPSA) is 66.8 Å². The second-order valence-electron chi connectivity index (χ2n) is 2.68. The zero-order valence-electron chi connectivity index (χ0n) is 6.19. The van der Waals surface area contributed by atoms with Gasteiger partial charge in [0.1, 0.15) is 6.10 Å². The van der Waals surface area contributed by atoms with Crippen molar-refractivity contribution in [2.24, 2.45) is 0 Å². The Labute approximate surface area is 64.8 Å². The predicted molar refractivity (Wildman–Crippen MR) is 36.8 cm³/mol. The Kier molecular flexibility index (Phi) is 2.84. The lowest BCUT2D eigenvalue weighted by molar-refractivity contribution is -0.147. The van der Waals surface area contributed by atoms with E-state index in [0.29, 0.717) is 19.3 Å². The Hall–Kier alpha value is -0.610. The Balaban J connectivity index is 2.24. The number of cyclic esters (lactones) is 1. The van der Waals surface area contributed by atoms with E-state index >= 15 is 0 Å². The Bertz CT molecular complexity index is 145. The molecule has 1 rings (SSSR count). The maximum absolute atomic E-state index is 10.6. The molecule has 0 radical (unpaired) electrons. The molecule has 1 aliphatic heterocycles. The van der Waals surface area contributed by atoms with Crippen LogP contribution in [0.5, 0.6) is 0 Å². The Morgan fingerprint density at radius 3 is 2.82 bits per heavy atom. The van der Waals surface area contributed by atoms with Gasteiger partial charge in [-0.2, -0.15) is 0 Å². The van der Waals surface area contributed by atoms with Gasteiger partial charge >= 0.3 is 5.97 Å². The molecule has 2 atom stereocenters. The average Bonchev–Trinajstić information content (AvgIpc) is 2.28. The molecule has 1 heterocycles. The summed E-state index contributed by atoms with van der Waals surface area (Å²) in [6.07, 6.45) is 0.492. The lowest BCUT2D eigenvalue weighted by atomic mass is 10.1. The van der Waals surface area contributed by atoms with Crippen LogP contribution in [0.3, 0.4) is 0 Å². The maximum atomic E-state index is 10.6. The summed E-state index contributed by atoms with van der Waals surface area (Å²) in [5, 5.41) is 17.4. The van der Waals surface area contributed by atoms with Crippen molar-refractivity contribution in [3.63, 3.8) is 0 Å². The molecule has 0 spiro atoms. The first kappa shape index (κ1) is 8.49. The van der Waals surface area contributed by atoms with Gasteiger partial charge in [0.2, 0.25) is 0 Å². The molecule has 1 aliphatic rings. The zero-order chi connectivity index (χ0) is 8.27. The van der Waals surface area contributed by atoms with Crippen molar-refractivity contribution in [3.8, 4) is 0 Å². The van der Waals surface area contributed by atoms with Gasteiger partial charge in [-0.1, -0.05) is 0 Å². The summed E-state index contributed by atoms with van der Waals surface area (Å²) < 4.78 is 4.78. The number of carbonyl (C=O) groups excluding carboxylic acids is 1. The first-order chi connectivity index (χ1) is 5.24. The first-order valence-electron chi connectivity index (χ1n) is 3.73. The van der Waals surface area contributed by atoms with E-state index < -0.39 is 12.1 Å². The van der Waals surface area contributed by atoms with Crippen molar-refractivity contribution in [2.75, 3.05) is 6.61 Å². The fraction of sp³-hybridized carbons (Fsp3) is 0.857. The lowest BCUT2D eigenvalue weighted by Crippen LogP contribution is -2.11. The van der Waals surface area contributed by atoms with Crippen molar-refractivity contribution in [1.82, 2.24) is 0 Å². The smallest absolute Gasteiger partial charge is 0.335 e. The highest BCUT2D eigenvalue weighted by Crippen LogP contribution is 2.18. The molecule has 0 saturated carbocycles. The highest BCUT2D eigenvalue weighted by Gasteiger charge is 2.31. The molecule has 0 aliphatic carbocycles. The van der Waals surface area contributed by atoms with Crippen molar-refractivity contribution < 1.29 is 19.7 Å². The van der Waals surface area contributed by atoms with E-state index in [4.69, 9.17) is 14.9 Å². The van der Waals surface area contributed by atoms with Gasteiger partial charge in [0, 0.05) is 13.0 Å². The van der Waals surface area contributed by atoms with E-state index in [1.165, 1.54) is 0 Å². The van der Waals surface area contributed by atoms with Crippen LogP contribution in [0, 0.1) is 0 Å². The van der Waals surface area contributed by atoms with E-state index in [9.17, 15) is 4.79 Å². The van der Waals surface area contributed by atoms with Gasteiger partial charge in [-0.25, -0.2) is 4.79 Å². The minimum atomic E-state index is -0.946. The molecule has 0 amide bonds. The molecule has 1 fully saturated rings. The largest absolute Gasteiger partial charge is 0.460 e. The third-order valence-electron chi connectivity index (χ3n) is 1.73. The summed E-state index contributed by atoms with van der Waals surface area (Å²) in [6, 6.07) is 0. The van der Waals surface area contributed by atoms with Crippen LogP contribution in [-0.2, 0) is 9.53 Å². The maximum Gasteiger partial charge on any atom is 0.335 e. The van der Waals surface area contributed by atoms with Gasteiger partial charge in [-0.15, -0.1) is 0 Å². The van der Waals surface area contributed by atoms with Crippen LogP contribution in [0.4, 0.5) is 0 Å². The zero-order valence-corrected chi connectivity index (χ0v) is 6.19. The molecule has 0 bridgehead atoms. The number of hydrogen-bond acceptors (Lipinski definition) is 4. The highest BCUT2D eigenvalue weighted by molar-refractivity contribution is 5.76. The molecule has 2 unspecified atom stereocenters. The van der Waals surface area contributed by atoms with E-state index in [-0.39, 0.29) is 12.7 Å². The second-order valence-corrected chi connectivity index (χ2v) is 2.68. The summed E-state index contributed by atoms with van der Waals surface area (Å²) in [6.45, 7) is 0.101. The van der Waals surface area contributed by atoms with Crippen LogP contribution < -0.4 is 0 Å². The molecule has 0 aromatic heterocycles. The van der Waals surface area contributed by atoms with E-state index in [0.717, 1.165) is 0 Å². The molecule has 11 heavy (non-hydrogen) atoms.